The molecule has 0 saturated carbocycles. The third kappa shape index (κ3) is 4.91. The zero-order chi connectivity index (χ0) is 26.3. The van der Waals surface area contributed by atoms with Gasteiger partial charge in [0.1, 0.15) is 5.82 Å². The van der Waals surface area contributed by atoms with Crippen LogP contribution in [0.25, 0.3) is 11.1 Å². The number of halogens is 4. The highest BCUT2D eigenvalue weighted by Gasteiger charge is 2.35. The molecule has 2 N–H and O–H groups in total. The van der Waals surface area contributed by atoms with Crippen molar-refractivity contribution in [2.75, 3.05) is 0 Å². The first-order valence-corrected chi connectivity index (χ1v) is 11.6. The van der Waals surface area contributed by atoms with Crippen LogP contribution < -0.4 is 10.9 Å². The molecule has 0 fully saturated rings. The van der Waals surface area contributed by atoms with Crippen LogP contribution in [0.2, 0.25) is 0 Å². The molecule has 0 spiro atoms. The van der Waals surface area contributed by atoms with E-state index in [2.05, 4.69) is 10.3 Å². The number of benzene rings is 2. The number of fused-ring (bicyclic) bond motifs is 1. The van der Waals surface area contributed by atoms with E-state index in [4.69, 9.17) is 5.41 Å². The number of hydrogen-bond acceptors (Lipinski definition) is 3. The first-order chi connectivity index (χ1) is 17.6. The minimum atomic E-state index is -4.68. The van der Waals surface area contributed by atoms with Gasteiger partial charge in [0, 0.05) is 36.8 Å². The Morgan fingerprint density at radius 2 is 1.97 bits per heavy atom. The van der Waals surface area contributed by atoms with Crippen molar-refractivity contribution >= 4 is 5.91 Å². The second kappa shape index (κ2) is 9.34. The largest absolute Gasteiger partial charge is 0.433 e. The van der Waals surface area contributed by atoms with E-state index >= 15 is 0 Å². The van der Waals surface area contributed by atoms with Gasteiger partial charge in [0.15, 0.2) is 5.69 Å². The van der Waals surface area contributed by atoms with Gasteiger partial charge in [-0.25, -0.2) is 4.39 Å². The highest BCUT2D eigenvalue weighted by molar-refractivity contribution is 5.96. The van der Waals surface area contributed by atoms with Crippen LogP contribution >= 0.6 is 0 Å². The highest BCUT2D eigenvalue weighted by Crippen LogP contribution is 2.36. The Hall–Kier alpha value is -4.21. The third-order valence-electron chi connectivity index (χ3n) is 6.56. The number of hydrogen-bond donors (Lipinski definition) is 2. The van der Waals surface area contributed by atoms with Crippen molar-refractivity contribution in [3.8, 4) is 11.1 Å². The standard InChI is InChI=1S/C27H23F4N5O/c1-35-9-10-36(26(35)32)15-16-11-18(22-3-2-8-33-24(22)27(29,30)31)13-19(12-16)25(37)34-23-7-4-17-14-20(28)5-6-21(17)23/h2-3,5-6,8-14,23,32H,4,7,15H2,1H3,(H,34,37)/t23-/m0/s1. The van der Waals surface area contributed by atoms with E-state index in [-0.39, 0.29) is 40.7 Å². The van der Waals surface area contributed by atoms with Crippen molar-refractivity contribution < 1.29 is 22.4 Å². The van der Waals surface area contributed by atoms with E-state index in [1.165, 1.54) is 30.3 Å². The smallest absolute Gasteiger partial charge is 0.345 e. The molecule has 190 valence electrons. The van der Waals surface area contributed by atoms with E-state index in [9.17, 15) is 22.4 Å². The van der Waals surface area contributed by atoms with Crippen molar-refractivity contribution in [3.63, 3.8) is 0 Å². The SMILES string of the molecule is Cn1ccn(Cc2cc(C(=O)N[C@H]3CCc4cc(F)ccc43)cc(-c3cccnc3C(F)(F)F)c2)c1=N. The minimum absolute atomic E-state index is 0.142. The number of alkyl halides is 3. The summed E-state index contributed by atoms with van der Waals surface area (Å²) < 4.78 is 58.0. The summed E-state index contributed by atoms with van der Waals surface area (Å²) in [7, 11) is 1.71. The zero-order valence-corrected chi connectivity index (χ0v) is 19.8. The molecule has 6 nitrogen and oxygen atoms in total. The molecule has 2 aromatic heterocycles. The fourth-order valence-corrected chi connectivity index (χ4v) is 4.76. The molecule has 2 aromatic carbocycles. The summed E-state index contributed by atoms with van der Waals surface area (Å²) in [5.74, 6) is -0.793. The lowest BCUT2D eigenvalue weighted by Gasteiger charge is -2.17. The number of aromatic nitrogens is 3. The molecule has 1 aliphatic carbocycles. The summed E-state index contributed by atoms with van der Waals surface area (Å²) in [6, 6.07) is 11.5. The average molecular weight is 510 g/mol. The maximum Gasteiger partial charge on any atom is 0.433 e. The van der Waals surface area contributed by atoms with E-state index in [1.807, 2.05) is 0 Å². The predicted molar refractivity (Wildman–Crippen MR) is 128 cm³/mol. The van der Waals surface area contributed by atoms with Gasteiger partial charge in [0.2, 0.25) is 5.62 Å². The van der Waals surface area contributed by atoms with Gasteiger partial charge in [-0.1, -0.05) is 12.1 Å². The first kappa shape index (κ1) is 24.5. The zero-order valence-electron chi connectivity index (χ0n) is 19.8. The van der Waals surface area contributed by atoms with E-state index < -0.39 is 17.8 Å². The number of carbonyl (C=O) groups is 1. The molecule has 4 aromatic rings. The Morgan fingerprint density at radius 3 is 2.70 bits per heavy atom. The second-order valence-corrected chi connectivity index (χ2v) is 9.08. The van der Waals surface area contributed by atoms with Crippen LogP contribution in [0, 0.1) is 11.2 Å². The minimum Gasteiger partial charge on any atom is -0.345 e. The number of imidazole rings is 1. The molecule has 0 radical (unpaired) electrons. The lowest BCUT2D eigenvalue weighted by Crippen LogP contribution is -2.27. The van der Waals surface area contributed by atoms with Crippen molar-refractivity contribution in [2.45, 2.75) is 31.6 Å². The molecular formula is C27H23F4N5O. The number of carbonyl (C=O) groups excluding carboxylic acids is 1. The molecule has 0 saturated heterocycles. The van der Waals surface area contributed by atoms with Gasteiger partial charge in [-0.3, -0.25) is 15.2 Å². The van der Waals surface area contributed by atoms with Gasteiger partial charge in [-0.15, -0.1) is 0 Å². The Bertz CT molecular complexity index is 1550. The number of amides is 1. The molecule has 1 aliphatic rings. The van der Waals surface area contributed by atoms with E-state index in [0.29, 0.717) is 18.4 Å². The molecule has 0 aliphatic heterocycles. The topological polar surface area (TPSA) is 75.7 Å². The van der Waals surface area contributed by atoms with Crippen LogP contribution in [0.5, 0.6) is 0 Å². The first-order valence-electron chi connectivity index (χ1n) is 11.6. The molecule has 0 unspecified atom stereocenters. The van der Waals surface area contributed by atoms with Crippen LogP contribution in [0.15, 0.2) is 67.1 Å². The Morgan fingerprint density at radius 1 is 1.16 bits per heavy atom. The number of nitrogens with zero attached hydrogens (tertiary/aromatic N) is 3. The number of rotatable bonds is 5. The highest BCUT2D eigenvalue weighted by atomic mass is 19.4. The lowest BCUT2D eigenvalue weighted by atomic mass is 9.97. The van der Waals surface area contributed by atoms with Gasteiger partial charge in [0.25, 0.3) is 5.91 Å². The Labute approximate surface area is 209 Å². The van der Waals surface area contributed by atoms with Gasteiger partial charge in [0.05, 0.1) is 12.6 Å². The van der Waals surface area contributed by atoms with Gasteiger partial charge in [-0.05, 0) is 71.5 Å². The van der Waals surface area contributed by atoms with Gasteiger partial charge >= 0.3 is 6.18 Å². The molecule has 37 heavy (non-hydrogen) atoms. The van der Waals surface area contributed by atoms with Crippen LogP contribution in [0.3, 0.4) is 0 Å². The molecule has 10 heteroatoms. The second-order valence-electron chi connectivity index (χ2n) is 9.08. The van der Waals surface area contributed by atoms with Gasteiger partial charge in [-0.2, -0.15) is 13.2 Å². The summed E-state index contributed by atoms with van der Waals surface area (Å²) in [4.78, 5) is 16.9. The van der Waals surface area contributed by atoms with Crippen molar-refractivity contribution in [3.05, 3.63) is 107 Å². The maximum atomic E-state index is 13.7. The van der Waals surface area contributed by atoms with Crippen LogP contribution in [0.4, 0.5) is 17.6 Å². The van der Waals surface area contributed by atoms with Crippen LogP contribution in [-0.2, 0) is 26.2 Å². The molecular weight excluding hydrogens is 486 g/mol. The normalized spacial score (nSPS) is 15.0. The predicted octanol–water partition coefficient (Wildman–Crippen LogP) is 4.99. The molecule has 2 heterocycles. The lowest BCUT2D eigenvalue weighted by molar-refractivity contribution is -0.140. The number of aryl methyl sites for hydroxylation is 2. The van der Waals surface area contributed by atoms with Crippen molar-refractivity contribution in [1.82, 2.24) is 19.4 Å². The molecule has 1 atom stereocenters. The van der Waals surface area contributed by atoms with Crippen LogP contribution in [0.1, 0.15) is 45.2 Å². The molecule has 5 rings (SSSR count). The fourth-order valence-electron chi connectivity index (χ4n) is 4.76. The summed E-state index contributed by atoms with van der Waals surface area (Å²) in [6.07, 6.45) is 0.999. The fraction of sp³-hybridized carbons (Fsp3) is 0.222. The summed E-state index contributed by atoms with van der Waals surface area (Å²) in [5.41, 5.74) is 1.60. The van der Waals surface area contributed by atoms with E-state index in [0.717, 1.165) is 17.3 Å². The Balaban J connectivity index is 1.55. The number of nitrogens with one attached hydrogen (secondary N) is 2. The van der Waals surface area contributed by atoms with Crippen LogP contribution in [-0.4, -0.2) is 20.0 Å². The van der Waals surface area contributed by atoms with Gasteiger partial charge < -0.3 is 14.5 Å². The van der Waals surface area contributed by atoms with Crippen molar-refractivity contribution in [1.29, 1.82) is 5.41 Å². The summed E-state index contributed by atoms with van der Waals surface area (Å²) in [5, 5.41) is 11.1. The molecule has 1 amide bonds. The summed E-state index contributed by atoms with van der Waals surface area (Å²) in [6.45, 7) is 0.181. The van der Waals surface area contributed by atoms with Crippen molar-refractivity contribution in [2.24, 2.45) is 7.05 Å². The monoisotopic (exact) mass is 509 g/mol. The Kier molecular flexibility index (Phi) is 6.18. The quantitative estimate of drug-likeness (QED) is 0.372. The number of pyridine rings is 1. The average Bonchev–Trinajstić information content (AvgIpc) is 3.40. The summed E-state index contributed by atoms with van der Waals surface area (Å²) >= 11 is 0. The van der Waals surface area contributed by atoms with E-state index in [1.54, 1.807) is 46.8 Å². The maximum absolute atomic E-state index is 13.7. The third-order valence-corrected chi connectivity index (χ3v) is 6.56. The molecule has 0 bridgehead atoms.